The van der Waals surface area contributed by atoms with Crippen molar-refractivity contribution in [1.82, 2.24) is 0 Å². The third-order valence-corrected chi connectivity index (χ3v) is 4.55. The quantitative estimate of drug-likeness (QED) is 0.513. The zero-order valence-corrected chi connectivity index (χ0v) is 14.7. The summed E-state index contributed by atoms with van der Waals surface area (Å²) in [4.78, 5) is 0. The maximum absolute atomic E-state index is 6.25. The first-order valence-electron chi connectivity index (χ1n) is 7.08. The molecule has 108 valence electrons. The highest BCUT2D eigenvalue weighted by Crippen LogP contribution is 2.18. The lowest BCUT2D eigenvalue weighted by molar-refractivity contribution is 0.567. The summed E-state index contributed by atoms with van der Waals surface area (Å²) in [6.45, 7) is 6.64. The Morgan fingerprint density at radius 2 is 1.48 bits per heavy atom. The fourth-order valence-electron chi connectivity index (χ4n) is 1.79. The highest BCUT2D eigenvalue weighted by molar-refractivity contribution is 7.44. The zero-order chi connectivity index (χ0) is 15.1. The smallest absolute Gasteiger partial charge is 0.192 e. The normalized spacial score (nSPS) is 12.8. The molecule has 3 heteroatoms. The van der Waals surface area contributed by atoms with E-state index in [1.54, 1.807) is 0 Å². The molecule has 2 aromatic rings. The predicted molar refractivity (Wildman–Crippen MR) is 97.4 cm³/mol. The van der Waals surface area contributed by atoms with Gasteiger partial charge < -0.3 is 4.43 Å². The lowest BCUT2D eigenvalue weighted by Crippen LogP contribution is -2.28. The van der Waals surface area contributed by atoms with Gasteiger partial charge in [-0.2, -0.15) is 0 Å². The predicted octanol–water partition coefficient (Wildman–Crippen LogP) is 5.63. The largest absolute Gasteiger partial charge is 0.382 e. The van der Waals surface area contributed by atoms with Gasteiger partial charge in [0.2, 0.25) is 0 Å². The number of hydrogen-bond acceptors (Lipinski definition) is 1. The van der Waals surface area contributed by atoms with E-state index in [9.17, 15) is 0 Å². The molecule has 0 unspecified atom stereocenters. The molecule has 0 aliphatic carbocycles. The molecule has 0 atom stereocenters. The van der Waals surface area contributed by atoms with Gasteiger partial charge in [0.1, 0.15) is 0 Å². The average Bonchev–Trinajstić information content (AvgIpc) is 2.47. The molecule has 2 rings (SSSR count). The summed E-state index contributed by atoms with van der Waals surface area (Å²) in [5, 5.41) is 0. The van der Waals surface area contributed by atoms with Gasteiger partial charge in [-0.15, -0.1) is 0 Å². The van der Waals surface area contributed by atoms with Crippen molar-refractivity contribution >= 4 is 28.1 Å². The van der Waals surface area contributed by atoms with Crippen LogP contribution in [0.25, 0.3) is 6.08 Å². The molecular formula is C18H21OPSi. The van der Waals surface area contributed by atoms with E-state index in [1.807, 2.05) is 12.1 Å². The maximum atomic E-state index is 6.25. The number of benzene rings is 2. The van der Waals surface area contributed by atoms with Crippen LogP contribution < -0.4 is 0 Å². The summed E-state index contributed by atoms with van der Waals surface area (Å²) in [7, 11) is -0.514. The maximum Gasteiger partial charge on any atom is 0.192 e. The molecule has 0 heterocycles. The second kappa shape index (κ2) is 7.51. The molecule has 0 bridgehead atoms. The van der Waals surface area contributed by atoms with Gasteiger partial charge in [-0.1, -0.05) is 66.7 Å². The molecule has 2 aromatic carbocycles. The van der Waals surface area contributed by atoms with Gasteiger partial charge in [0, 0.05) is 5.56 Å². The second-order valence-electron chi connectivity index (χ2n) is 5.74. The van der Waals surface area contributed by atoms with E-state index in [2.05, 4.69) is 80.1 Å². The van der Waals surface area contributed by atoms with Crippen molar-refractivity contribution in [2.75, 3.05) is 0 Å². The van der Waals surface area contributed by atoms with Gasteiger partial charge in [-0.3, -0.25) is 0 Å². The fraction of sp³-hybridized carbons (Fsp3) is 0.167. The highest BCUT2D eigenvalue weighted by Gasteiger charge is 2.17. The van der Waals surface area contributed by atoms with E-state index >= 15 is 0 Å². The average molecular weight is 312 g/mol. The SMILES string of the molecule is C[Si](C)(C)OC(=P/C=C/c1ccccc1)c1ccccc1. The molecule has 0 saturated heterocycles. The van der Waals surface area contributed by atoms with Crippen molar-refractivity contribution in [3.63, 3.8) is 0 Å². The number of rotatable bonds is 5. The fourth-order valence-corrected chi connectivity index (χ4v) is 4.20. The second-order valence-corrected chi connectivity index (χ2v) is 11.1. The van der Waals surface area contributed by atoms with Gasteiger partial charge in [0.15, 0.2) is 8.32 Å². The molecule has 0 spiro atoms. The third kappa shape index (κ3) is 5.80. The lowest BCUT2D eigenvalue weighted by Gasteiger charge is -2.19. The van der Waals surface area contributed by atoms with Crippen LogP contribution in [0.5, 0.6) is 0 Å². The monoisotopic (exact) mass is 312 g/mol. The first-order chi connectivity index (χ1) is 10.0. The Bertz CT molecular complexity index is 613. The van der Waals surface area contributed by atoms with E-state index in [0.29, 0.717) is 0 Å². The summed E-state index contributed by atoms with van der Waals surface area (Å²) >= 11 is 0. The minimum atomic E-state index is -1.61. The number of hydrogen-bond donors (Lipinski definition) is 0. The summed E-state index contributed by atoms with van der Waals surface area (Å²) in [5.74, 6) is 2.15. The Morgan fingerprint density at radius 3 is 2.05 bits per heavy atom. The van der Waals surface area contributed by atoms with Crippen LogP contribution in [0.2, 0.25) is 19.6 Å². The standard InChI is InChI=1S/C18H21OPSi/c1-21(2,3)19-18(17-12-8-5-9-13-17)20-15-14-16-10-6-4-7-11-16/h4-15H,1-3H3/b15-14+. The molecule has 0 saturated carbocycles. The summed E-state index contributed by atoms with van der Waals surface area (Å²) in [6.07, 6.45) is 2.14. The van der Waals surface area contributed by atoms with Crippen LogP contribution >= 0.6 is 8.20 Å². The van der Waals surface area contributed by atoms with Gasteiger partial charge in [0.25, 0.3) is 0 Å². The van der Waals surface area contributed by atoms with Gasteiger partial charge >= 0.3 is 0 Å². The third-order valence-electron chi connectivity index (χ3n) is 2.68. The van der Waals surface area contributed by atoms with Crippen LogP contribution in [0.1, 0.15) is 11.1 Å². The van der Waals surface area contributed by atoms with Crippen LogP contribution in [0, 0.1) is 0 Å². The van der Waals surface area contributed by atoms with Crippen LogP contribution in [-0.2, 0) is 4.43 Å². The first kappa shape index (κ1) is 15.9. The van der Waals surface area contributed by atoms with Gasteiger partial charge in [-0.05, 0) is 39.2 Å². The lowest BCUT2D eigenvalue weighted by atomic mass is 10.2. The minimum Gasteiger partial charge on any atom is -0.382 e. The highest BCUT2D eigenvalue weighted by atomic mass is 31.1. The molecule has 0 N–H and O–H groups in total. The summed E-state index contributed by atoms with van der Waals surface area (Å²) in [6, 6.07) is 20.7. The van der Waals surface area contributed by atoms with Crippen molar-refractivity contribution in [1.29, 1.82) is 0 Å². The summed E-state index contributed by atoms with van der Waals surface area (Å²) in [5.41, 5.74) is 3.42. The Morgan fingerprint density at radius 1 is 0.905 bits per heavy atom. The summed E-state index contributed by atoms with van der Waals surface area (Å²) < 4.78 is 6.25. The van der Waals surface area contributed by atoms with E-state index in [-0.39, 0.29) is 0 Å². The molecular weight excluding hydrogens is 291 g/mol. The Labute approximate surface area is 130 Å². The first-order valence-corrected chi connectivity index (χ1v) is 11.5. The Kier molecular flexibility index (Phi) is 5.69. The van der Waals surface area contributed by atoms with Crippen molar-refractivity contribution in [2.24, 2.45) is 0 Å². The van der Waals surface area contributed by atoms with E-state index in [4.69, 9.17) is 4.43 Å². The molecule has 0 amide bonds. The Balaban J connectivity index is 2.23. The molecule has 21 heavy (non-hydrogen) atoms. The molecule has 0 aromatic heterocycles. The van der Waals surface area contributed by atoms with E-state index in [0.717, 1.165) is 13.7 Å². The van der Waals surface area contributed by atoms with E-state index < -0.39 is 8.32 Å². The van der Waals surface area contributed by atoms with E-state index in [1.165, 1.54) is 11.1 Å². The van der Waals surface area contributed by atoms with Gasteiger partial charge in [0.05, 0.1) is 5.48 Å². The van der Waals surface area contributed by atoms with Gasteiger partial charge in [-0.25, -0.2) is 0 Å². The zero-order valence-electron chi connectivity index (χ0n) is 12.8. The molecule has 0 fully saturated rings. The Hall–Kier alpha value is -1.47. The van der Waals surface area contributed by atoms with Crippen molar-refractivity contribution in [3.05, 3.63) is 77.6 Å². The van der Waals surface area contributed by atoms with Crippen molar-refractivity contribution < 1.29 is 4.43 Å². The molecule has 1 nitrogen and oxygen atoms in total. The molecule has 0 aliphatic heterocycles. The van der Waals surface area contributed by atoms with Crippen LogP contribution in [0.3, 0.4) is 0 Å². The minimum absolute atomic E-state index is 1.04. The van der Waals surface area contributed by atoms with Crippen molar-refractivity contribution in [3.8, 4) is 0 Å². The molecule has 0 aliphatic rings. The topological polar surface area (TPSA) is 9.23 Å². The van der Waals surface area contributed by atoms with Crippen LogP contribution in [0.15, 0.2) is 66.5 Å². The molecule has 0 radical (unpaired) electrons. The van der Waals surface area contributed by atoms with Crippen molar-refractivity contribution in [2.45, 2.75) is 19.6 Å². The van der Waals surface area contributed by atoms with Crippen LogP contribution in [0.4, 0.5) is 0 Å². The van der Waals surface area contributed by atoms with Crippen LogP contribution in [-0.4, -0.2) is 13.8 Å².